The van der Waals surface area contributed by atoms with Crippen LogP contribution in [-0.2, 0) is 24.2 Å². The van der Waals surface area contributed by atoms with Gasteiger partial charge in [-0.25, -0.2) is 4.98 Å². The fourth-order valence-corrected chi connectivity index (χ4v) is 5.03. The minimum Gasteiger partial charge on any atom is -0.493 e. The molecular formula is C23H27N3O4S2. The van der Waals surface area contributed by atoms with E-state index in [-0.39, 0.29) is 17.2 Å². The maximum absolute atomic E-state index is 12.9. The zero-order chi connectivity index (χ0) is 23.1. The Kier molecular flexibility index (Phi) is 8.35. The Hall–Kier alpha value is -2.78. The lowest BCUT2D eigenvalue weighted by Crippen LogP contribution is -2.28. The van der Waals surface area contributed by atoms with Crippen molar-refractivity contribution < 1.29 is 14.3 Å². The second kappa shape index (κ2) is 11.2. The van der Waals surface area contributed by atoms with E-state index in [2.05, 4.69) is 23.8 Å². The first-order chi connectivity index (χ1) is 15.5. The molecule has 0 fully saturated rings. The van der Waals surface area contributed by atoms with Gasteiger partial charge in [0.25, 0.3) is 5.56 Å². The zero-order valence-electron chi connectivity index (χ0n) is 18.5. The van der Waals surface area contributed by atoms with Gasteiger partial charge < -0.3 is 14.8 Å². The van der Waals surface area contributed by atoms with Crippen molar-refractivity contribution in [1.82, 2.24) is 14.9 Å². The number of hydrogen-bond acceptors (Lipinski definition) is 7. The van der Waals surface area contributed by atoms with E-state index in [1.54, 1.807) is 24.9 Å². The number of methoxy groups -OCH3 is 2. The average Bonchev–Trinajstić information content (AvgIpc) is 3.23. The molecule has 0 unspecified atom stereocenters. The van der Waals surface area contributed by atoms with Crippen molar-refractivity contribution in [3.8, 4) is 11.5 Å². The zero-order valence-corrected chi connectivity index (χ0v) is 20.1. The van der Waals surface area contributed by atoms with Crippen molar-refractivity contribution in [3.63, 3.8) is 0 Å². The van der Waals surface area contributed by atoms with E-state index in [4.69, 9.17) is 9.47 Å². The molecule has 0 bridgehead atoms. The van der Waals surface area contributed by atoms with E-state index < -0.39 is 0 Å². The summed E-state index contributed by atoms with van der Waals surface area (Å²) < 4.78 is 12.1. The predicted octanol–water partition coefficient (Wildman–Crippen LogP) is 3.67. The van der Waals surface area contributed by atoms with Crippen LogP contribution >= 0.6 is 23.1 Å². The molecule has 0 aliphatic heterocycles. The van der Waals surface area contributed by atoms with Crippen LogP contribution in [0.2, 0.25) is 0 Å². The number of benzene rings is 1. The van der Waals surface area contributed by atoms with Crippen LogP contribution in [0.5, 0.6) is 11.5 Å². The Labute approximate surface area is 195 Å². The first kappa shape index (κ1) is 23.9. The number of aromatic nitrogens is 2. The molecule has 0 saturated heterocycles. The molecule has 170 valence electrons. The molecule has 2 heterocycles. The minimum atomic E-state index is -0.115. The lowest BCUT2D eigenvalue weighted by atomic mass is 10.1. The monoisotopic (exact) mass is 473 g/mol. The van der Waals surface area contributed by atoms with Gasteiger partial charge in [-0.05, 0) is 36.6 Å². The van der Waals surface area contributed by atoms with Crippen LogP contribution in [-0.4, -0.2) is 42.0 Å². The van der Waals surface area contributed by atoms with Crippen LogP contribution < -0.4 is 20.3 Å². The molecule has 2 aromatic heterocycles. The molecule has 32 heavy (non-hydrogen) atoms. The van der Waals surface area contributed by atoms with Crippen LogP contribution in [0.1, 0.15) is 17.4 Å². The van der Waals surface area contributed by atoms with Crippen LogP contribution in [0.3, 0.4) is 0 Å². The molecule has 0 spiro atoms. The van der Waals surface area contributed by atoms with Crippen molar-refractivity contribution in [2.75, 3.05) is 26.5 Å². The minimum absolute atomic E-state index is 0.0952. The molecule has 0 atom stereocenters. The van der Waals surface area contributed by atoms with Gasteiger partial charge in [-0.15, -0.1) is 17.9 Å². The molecule has 1 aromatic carbocycles. The molecule has 0 aliphatic rings. The first-order valence-electron chi connectivity index (χ1n) is 10.2. The van der Waals surface area contributed by atoms with E-state index in [9.17, 15) is 9.59 Å². The number of thioether (sulfide) groups is 1. The highest BCUT2D eigenvalue weighted by Crippen LogP contribution is 2.28. The van der Waals surface area contributed by atoms with Gasteiger partial charge in [0.2, 0.25) is 5.91 Å². The van der Waals surface area contributed by atoms with Gasteiger partial charge in [0.05, 0.1) is 25.4 Å². The van der Waals surface area contributed by atoms with Gasteiger partial charge in [0.1, 0.15) is 4.83 Å². The number of nitrogens with zero attached hydrogens (tertiary/aromatic N) is 2. The lowest BCUT2D eigenvalue weighted by molar-refractivity contribution is -0.118. The number of thiophene rings is 1. The summed E-state index contributed by atoms with van der Waals surface area (Å²) in [6, 6.07) is 7.60. The summed E-state index contributed by atoms with van der Waals surface area (Å²) in [5.74, 6) is 1.39. The molecule has 3 aromatic rings. The van der Waals surface area contributed by atoms with Crippen molar-refractivity contribution in [2.45, 2.75) is 31.5 Å². The third-order valence-electron chi connectivity index (χ3n) is 4.84. The summed E-state index contributed by atoms with van der Waals surface area (Å²) in [6.45, 7) is 6.63. The van der Waals surface area contributed by atoms with Crippen molar-refractivity contribution >= 4 is 39.2 Å². The highest BCUT2D eigenvalue weighted by atomic mass is 32.2. The number of nitrogens with one attached hydrogen (secondary N) is 1. The number of fused-ring (bicyclic) bond motifs is 1. The topological polar surface area (TPSA) is 82.5 Å². The van der Waals surface area contributed by atoms with E-state index in [0.29, 0.717) is 46.4 Å². The maximum Gasteiger partial charge on any atom is 0.263 e. The third-order valence-corrected chi connectivity index (χ3v) is 6.99. The first-order valence-corrected chi connectivity index (χ1v) is 12.0. The number of allylic oxidation sites excluding steroid dienone is 1. The Morgan fingerprint density at radius 3 is 2.75 bits per heavy atom. The van der Waals surface area contributed by atoms with Gasteiger partial charge in [-0.3, -0.25) is 14.2 Å². The van der Waals surface area contributed by atoms with Gasteiger partial charge >= 0.3 is 0 Å². The normalized spacial score (nSPS) is 10.8. The third kappa shape index (κ3) is 5.52. The number of aryl methyl sites for hydroxylation is 1. The Balaban J connectivity index is 1.62. The highest BCUT2D eigenvalue weighted by molar-refractivity contribution is 7.99. The van der Waals surface area contributed by atoms with Gasteiger partial charge in [-0.1, -0.05) is 30.8 Å². The van der Waals surface area contributed by atoms with Gasteiger partial charge in [0, 0.05) is 18.0 Å². The van der Waals surface area contributed by atoms with Crippen LogP contribution in [0.15, 0.2) is 46.9 Å². The Morgan fingerprint density at radius 1 is 1.28 bits per heavy atom. The largest absolute Gasteiger partial charge is 0.493 e. The summed E-state index contributed by atoms with van der Waals surface area (Å²) in [5.41, 5.74) is 0.939. The number of carbonyl (C=O) groups excluding carboxylic acids is 1. The molecule has 0 saturated carbocycles. The standard InChI is InChI=1S/C23H27N3O4S2/c1-5-11-26-22(28)17-13-16(6-2)32-21(17)25-23(26)31-14-20(27)24-10-9-15-7-8-18(29-3)19(12-15)30-4/h5,7-8,12-13H,1,6,9-11,14H2,2-4H3,(H,24,27). The van der Waals surface area contributed by atoms with Crippen LogP contribution in [0.25, 0.3) is 10.2 Å². The fourth-order valence-electron chi connectivity index (χ4n) is 3.19. The lowest BCUT2D eigenvalue weighted by Gasteiger charge is -2.11. The maximum atomic E-state index is 12.9. The van der Waals surface area contributed by atoms with Crippen LogP contribution in [0.4, 0.5) is 0 Å². The molecule has 3 rings (SSSR count). The quantitative estimate of drug-likeness (QED) is 0.260. The van der Waals surface area contributed by atoms with E-state index in [1.807, 2.05) is 24.3 Å². The van der Waals surface area contributed by atoms with Crippen molar-refractivity contribution in [3.05, 3.63) is 57.7 Å². The van der Waals surface area contributed by atoms with Gasteiger partial charge in [0.15, 0.2) is 16.7 Å². The Bertz CT molecular complexity index is 1170. The molecule has 1 amide bonds. The predicted molar refractivity (Wildman–Crippen MR) is 130 cm³/mol. The number of rotatable bonds is 11. The summed E-state index contributed by atoms with van der Waals surface area (Å²) in [4.78, 5) is 31.8. The Morgan fingerprint density at radius 2 is 2.06 bits per heavy atom. The number of hydrogen-bond donors (Lipinski definition) is 1. The van der Waals surface area contributed by atoms with E-state index >= 15 is 0 Å². The van der Waals surface area contributed by atoms with Crippen molar-refractivity contribution in [2.24, 2.45) is 0 Å². The summed E-state index contributed by atoms with van der Waals surface area (Å²) >= 11 is 2.78. The number of ether oxygens (including phenoxy) is 2. The van der Waals surface area contributed by atoms with E-state index in [1.165, 1.54) is 23.1 Å². The molecule has 1 N–H and O–H groups in total. The van der Waals surface area contributed by atoms with Gasteiger partial charge in [-0.2, -0.15) is 0 Å². The molecule has 9 heteroatoms. The molecule has 7 nitrogen and oxygen atoms in total. The number of carbonyl (C=O) groups is 1. The SMILES string of the molecule is C=CCn1c(SCC(=O)NCCc2ccc(OC)c(OC)c2)nc2sc(CC)cc2c1=O. The van der Waals surface area contributed by atoms with Crippen molar-refractivity contribution in [1.29, 1.82) is 0 Å². The summed E-state index contributed by atoms with van der Waals surface area (Å²) in [7, 11) is 3.19. The van der Waals surface area contributed by atoms with E-state index in [0.717, 1.165) is 16.9 Å². The second-order valence-electron chi connectivity index (χ2n) is 6.96. The molecular weight excluding hydrogens is 446 g/mol. The smallest absolute Gasteiger partial charge is 0.263 e. The fraction of sp³-hybridized carbons (Fsp3) is 0.348. The second-order valence-corrected chi connectivity index (χ2v) is 9.02. The average molecular weight is 474 g/mol. The highest BCUT2D eigenvalue weighted by Gasteiger charge is 2.15. The number of amides is 1. The summed E-state index contributed by atoms with van der Waals surface area (Å²) in [5, 5.41) is 4.07. The molecule has 0 aliphatic carbocycles. The summed E-state index contributed by atoms with van der Waals surface area (Å²) in [6.07, 6.45) is 3.18. The van der Waals surface area contributed by atoms with Crippen LogP contribution in [0, 0.1) is 0 Å². The molecule has 0 radical (unpaired) electrons.